The molecular weight excluding hydrogens is 375 g/mol. The molecule has 0 aliphatic carbocycles. The molecule has 20 heavy (non-hydrogen) atoms. The molecule has 110 valence electrons. The van der Waals surface area contributed by atoms with Crippen molar-refractivity contribution in [3.8, 4) is 17.2 Å². The Kier molecular flexibility index (Phi) is 5.75. The maximum absolute atomic E-state index is 11.5. The summed E-state index contributed by atoms with van der Waals surface area (Å²) in [5, 5.41) is 0. The maximum Gasteiger partial charge on any atom is 0.513 e. The maximum atomic E-state index is 11.5. The molecular formula is C14H17IO5. The first-order chi connectivity index (χ1) is 9.74. The molecule has 2 rings (SSSR count). The zero-order valence-electron chi connectivity index (χ0n) is 11.3. The fourth-order valence-corrected chi connectivity index (χ4v) is 2.19. The fourth-order valence-electron chi connectivity index (χ4n) is 1.97. The zero-order chi connectivity index (χ0) is 14.4. The Labute approximate surface area is 131 Å². The molecule has 0 amide bonds. The van der Waals surface area contributed by atoms with Gasteiger partial charge in [-0.1, -0.05) is 22.6 Å². The fraction of sp³-hybridized carbons (Fsp3) is 0.500. The summed E-state index contributed by atoms with van der Waals surface area (Å²) in [5.41, 5.74) is 1.00. The van der Waals surface area contributed by atoms with E-state index in [-0.39, 0.29) is 6.61 Å². The van der Waals surface area contributed by atoms with Gasteiger partial charge in [-0.25, -0.2) is 4.79 Å². The number of hydrogen-bond donors (Lipinski definition) is 0. The van der Waals surface area contributed by atoms with Gasteiger partial charge in [-0.3, -0.25) is 0 Å². The van der Waals surface area contributed by atoms with Gasteiger partial charge in [-0.15, -0.1) is 0 Å². The standard InChI is InChI=1S/C14H17IO5/c1-2-17-14(16)20-12-9-11(18-7-5-15)8-10-4-3-6-19-13(10)12/h8-9H,2-7H2,1H3. The van der Waals surface area contributed by atoms with E-state index in [1.54, 1.807) is 13.0 Å². The average molecular weight is 392 g/mol. The van der Waals surface area contributed by atoms with Crippen molar-refractivity contribution in [3.05, 3.63) is 17.7 Å². The Morgan fingerprint density at radius 1 is 1.45 bits per heavy atom. The van der Waals surface area contributed by atoms with E-state index >= 15 is 0 Å². The Hall–Kier alpha value is -1.18. The molecule has 0 N–H and O–H groups in total. The van der Waals surface area contributed by atoms with E-state index in [4.69, 9.17) is 18.9 Å². The van der Waals surface area contributed by atoms with Gasteiger partial charge >= 0.3 is 6.16 Å². The van der Waals surface area contributed by atoms with Crippen LogP contribution in [0, 0.1) is 0 Å². The molecule has 0 radical (unpaired) electrons. The van der Waals surface area contributed by atoms with E-state index in [1.165, 1.54) is 0 Å². The van der Waals surface area contributed by atoms with Crippen LogP contribution in [0.4, 0.5) is 4.79 Å². The third-order valence-electron chi connectivity index (χ3n) is 2.74. The van der Waals surface area contributed by atoms with Gasteiger partial charge in [0, 0.05) is 16.1 Å². The number of ether oxygens (including phenoxy) is 4. The number of carbonyl (C=O) groups is 1. The predicted octanol–water partition coefficient (Wildman–Crippen LogP) is 3.36. The minimum absolute atomic E-state index is 0.271. The van der Waals surface area contributed by atoms with Crippen LogP contribution in [0.15, 0.2) is 12.1 Å². The first kappa shape index (κ1) is 15.2. The Morgan fingerprint density at radius 3 is 3.05 bits per heavy atom. The van der Waals surface area contributed by atoms with Crippen LogP contribution >= 0.6 is 22.6 Å². The molecule has 0 bridgehead atoms. The van der Waals surface area contributed by atoms with Crippen LogP contribution in [0.2, 0.25) is 0 Å². The number of carbonyl (C=O) groups excluding carboxylic acids is 1. The van der Waals surface area contributed by atoms with Gasteiger partial charge in [-0.2, -0.15) is 0 Å². The summed E-state index contributed by atoms with van der Waals surface area (Å²) < 4.78 is 22.1. The number of aryl methyl sites for hydroxylation is 1. The van der Waals surface area contributed by atoms with Crippen LogP contribution in [0.3, 0.4) is 0 Å². The van der Waals surface area contributed by atoms with Crippen molar-refractivity contribution in [1.29, 1.82) is 0 Å². The molecule has 0 saturated carbocycles. The average Bonchev–Trinajstić information content (AvgIpc) is 2.45. The van der Waals surface area contributed by atoms with Crippen LogP contribution in [-0.2, 0) is 11.2 Å². The monoisotopic (exact) mass is 392 g/mol. The van der Waals surface area contributed by atoms with Gasteiger partial charge in [0.25, 0.3) is 0 Å². The van der Waals surface area contributed by atoms with E-state index in [0.29, 0.717) is 30.5 Å². The minimum Gasteiger partial charge on any atom is -0.493 e. The molecule has 1 aliphatic heterocycles. The van der Waals surface area contributed by atoms with E-state index in [2.05, 4.69) is 22.6 Å². The number of rotatable bonds is 5. The van der Waals surface area contributed by atoms with Gasteiger partial charge < -0.3 is 18.9 Å². The van der Waals surface area contributed by atoms with E-state index in [1.807, 2.05) is 6.07 Å². The van der Waals surface area contributed by atoms with Crippen LogP contribution in [0.5, 0.6) is 17.2 Å². The largest absolute Gasteiger partial charge is 0.513 e. The highest BCUT2D eigenvalue weighted by atomic mass is 127. The summed E-state index contributed by atoms with van der Waals surface area (Å²) in [6, 6.07) is 3.62. The lowest BCUT2D eigenvalue weighted by Crippen LogP contribution is -2.15. The Balaban J connectivity index is 2.24. The summed E-state index contributed by atoms with van der Waals surface area (Å²) >= 11 is 2.24. The topological polar surface area (TPSA) is 54.0 Å². The van der Waals surface area contributed by atoms with E-state index < -0.39 is 6.16 Å². The zero-order valence-corrected chi connectivity index (χ0v) is 13.5. The van der Waals surface area contributed by atoms with Gasteiger partial charge in [0.05, 0.1) is 19.8 Å². The molecule has 0 saturated heterocycles. The molecule has 1 aromatic carbocycles. The van der Waals surface area contributed by atoms with Crippen molar-refractivity contribution >= 4 is 28.7 Å². The molecule has 0 fully saturated rings. The van der Waals surface area contributed by atoms with Crippen LogP contribution in [0.25, 0.3) is 0 Å². The highest BCUT2D eigenvalue weighted by molar-refractivity contribution is 14.1. The van der Waals surface area contributed by atoms with Gasteiger partial charge in [0.15, 0.2) is 11.5 Å². The number of benzene rings is 1. The van der Waals surface area contributed by atoms with E-state index in [0.717, 1.165) is 22.8 Å². The summed E-state index contributed by atoms with van der Waals surface area (Å²) in [7, 11) is 0. The summed E-state index contributed by atoms with van der Waals surface area (Å²) in [6.07, 6.45) is 1.10. The molecule has 0 aromatic heterocycles. The quantitative estimate of drug-likeness (QED) is 0.333. The number of fused-ring (bicyclic) bond motifs is 1. The third-order valence-corrected chi connectivity index (χ3v) is 3.18. The second-order valence-electron chi connectivity index (χ2n) is 4.18. The van der Waals surface area contributed by atoms with Crippen LogP contribution < -0.4 is 14.2 Å². The SMILES string of the molecule is CCOC(=O)Oc1cc(OCCI)cc2c1OCCC2. The molecule has 0 spiro atoms. The lowest BCUT2D eigenvalue weighted by molar-refractivity contribution is 0.102. The molecule has 6 heteroatoms. The molecule has 1 heterocycles. The Bertz CT molecular complexity index is 475. The molecule has 5 nitrogen and oxygen atoms in total. The summed E-state index contributed by atoms with van der Waals surface area (Å²) in [5.74, 6) is 1.67. The summed E-state index contributed by atoms with van der Waals surface area (Å²) in [6.45, 7) is 3.24. The molecule has 0 atom stereocenters. The lowest BCUT2D eigenvalue weighted by atomic mass is 10.1. The van der Waals surface area contributed by atoms with Crippen molar-refractivity contribution in [2.45, 2.75) is 19.8 Å². The highest BCUT2D eigenvalue weighted by Gasteiger charge is 2.20. The van der Waals surface area contributed by atoms with Gasteiger partial charge in [-0.05, 0) is 25.8 Å². The van der Waals surface area contributed by atoms with Crippen LogP contribution in [0.1, 0.15) is 18.9 Å². The molecule has 0 unspecified atom stereocenters. The number of halogens is 1. The van der Waals surface area contributed by atoms with Crippen molar-refractivity contribution < 1.29 is 23.7 Å². The van der Waals surface area contributed by atoms with Gasteiger partial charge in [0.2, 0.25) is 0 Å². The first-order valence-corrected chi connectivity index (χ1v) is 8.10. The predicted molar refractivity (Wildman–Crippen MR) is 82.3 cm³/mol. The lowest BCUT2D eigenvalue weighted by Gasteiger charge is -2.21. The first-order valence-electron chi connectivity index (χ1n) is 6.57. The van der Waals surface area contributed by atoms with Gasteiger partial charge in [0.1, 0.15) is 5.75 Å². The van der Waals surface area contributed by atoms with Crippen molar-refractivity contribution in [2.24, 2.45) is 0 Å². The number of alkyl halides is 1. The second-order valence-corrected chi connectivity index (χ2v) is 5.26. The van der Waals surface area contributed by atoms with Crippen LogP contribution in [-0.4, -0.2) is 30.4 Å². The third kappa shape index (κ3) is 3.91. The number of hydrogen-bond acceptors (Lipinski definition) is 5. The molecule has 1 aliphatic rings. The smallest absolute Gasteiger partial charge is 0.493 e. The van der Waals surface area contributed by atoms with Crippen molar-refractivity contribution in [2.75, 3.05) is 24.2 Å². The molecule has 1 aromatic rings. The Morgan fingerprint density at radius 2 is 2.30 bits per heavy atom. The van der Waals surface area contributed by atoms with Crippen molar-refractivity contribution in [3.63, 3.8) is 0 Å². The highest BCUT2D eigenvalue weighted by Crippen LogP contribution is 2.39. The minimum atomic E-state index is -0.727. The normalized spacial score (nSPS) is 13.1. The van der Waals surface area contributed by atoms with E-state index in [9.17, 15) is 4.79 Å². The second kappa shape index (κ2) is 7.56. The summed E-state index contributed by atoms with van der Waals surface area (Å²) in [4.78, 5) is 11.5. The van der Waals surface area contributed by atoms with Crippen molar-refractivity contribution in [1.82, 2.24) is 0 Å².